The molecule has 0 fully saturated rings. The molecule has 0 aliphatic rings. The van der Waals surface area contributed by atoms with E-state index in [0.29, 0.717) is 0 Å². The fourth-order valence-corrected chi connectivity index (χ4v) is 2.69. The van der Waals surface area contributed by atoms with Crippen LogP contribution in [0.2, 0.25) is 0 Å². The Morgan fingerprint density at radius 1 is 0.773 bits per heavy atom. The summed E-state index contributed by atoms with van der Waals surface area (Å²) in [6, 6.07) is 23.4. The molecule has 106 valence electrons. The third-order valence-corrected chi connectivity index (χ3v) is 3.70. The zero-order chi connectivity index (χ0) is 14.9. The second-order valence-electron chi connectivity index (χ2n) is 5.16. The molecule has 0 saturated heterocycles. The lowest BCUT2D eigenvalue weighted by Crippen LogP contribution is -1.87. The maximum Gasteiger partial charge on any atom is 0.145 e. The summed E-state index contributed by atoms with van der Waals surface area (Å²) in [5, 5.41) is 9.73. The van der Waals surface area contributed by atoms with Crippen LogP contribution in [-0.2, 0) is 0 Å². The van der Waals surface area contributed by atoms with Crippen LogP contribution in [0.3, 0.4) is 0 Å². The lowest BCUT2D eigenvalue weighted by atomic mass is 10.1. The van der Waals surface area contributed by atoms with E-state index in [2.05, 4.69) is 22.6 Å². The van der Waals surface area contributed by atoms with Crippen molar-refractivity contribution in [3.8, 4) is 28.4 Å². The van der Waals surface area contributed by atoms with E-state index in [1.807, 2.05) is 48.7 Å². The van der Waals surface area contributed by atoms with Gasteiger partial charge in [0.15, 0.2) is 0 Å². The first-order valence-electron chi connectivity index (χ1n) is 7.15. The number of fused-ring (bicyclic) bond motifs is 1. The molecule has 0 aliphatic heterocycles. The number of hydrogen-bond acceptors (Lipinski definition) is 2. The average molecular weight is 286 g/mol. The van der Waals surface area contributed by atoms with Crippen molar-refractivity contribution in [2.75, 3.05) is 0 Å². The summed E-state index contributed by atoms with van der Waals surface area (Å²) in [5.41, 5.74) is 3.97. The molecule has 0 unspecified atom stereocenters. The molecule has 2 aromatic heterocycles. The lowest BCUT2D eigenvalue weighted by Gasteiger charge is -2.01. The number of imidazole rings is 1. The first-order chi connectivity index (χ1) is 10.8. The van der Waals surface area contributed by atoms with E-state index in [1.54, 1.807) is 12.1 Å². The summed E-state index contributed by atoms with van der Waals surface area (Å²) in [6.45, 7) is 0. The topological polar surface area (TPSA) is 37.5 Å². The lowest BCUT2D eigenvalue weighted by molar-refractivity contribution is 0.475. The van der Waals surface area contributed by atoms with E-state index < -0.39 is 0 Å². The molecular formula is C19H14N2O. The summed E-state index contributed by atoms with van der Waals surface area (Å²) in [6.07, 6.45) is 1.99. The van der Waals surface area contributed by atoms with Crippen LogP contribution in [0.5, 0.6) is 5.75 Å². The smallest absolute Gasteiger partial charge is 0.145 e. The van der Waals surface area contributed by atoms with Crippen molar-refractivity contribution >= 4 is 5.52 Å². The van der Waals surface area contributed by atoms with Crippen molar-refractivity contribution in [2.45, 2.75) is 0 Å². The highest BCUT2D eigenvalue weighted by Gasteiger charge is 2.13. The molecule has 4 rings (SSSR count). The van der Waals surface area contributed by atoms with Gasteiger partial charge in [-0.25, -0.2) is 4.98 Å². The quantitative estimate of drug-likeness (QED) is 0.594. The number of aromatic hydroxyl groups is 1. The molecule has 0 amide bonds. The van der Waals surface area contributed by atoms with E-state index in [-0.39, 0.29) is 5.75 Å². The van der Waals surface area contributed by atoms with Gasteiger partial charge in [0, 0.05) is 17.3 Å². The highest BCUT2D eigenvalue weighted by Crippen LogP contribution is 2.30. The monoisotopic (exact) mass is 286 g/mol. The normalized spacial score (nSPS) is 10.9. The molecule has 0 atom stereocenters. The number of nitrogens with zero attached hydrogens (tertiary/aromatic N) is 2. The van der Waals surface area contributed by atoms with E-state index in [1.165, 1.54) is 0 Å². The van der Waals surface area contributed by atoms with Gasteiger partial charge >= 0.3 is 0 Å². The van der Waals surface area contributed by atoms with Gasteiger partial charge in [-0.05, 0) is 24.3 Å². The number of rotatable bonds is 2. The number of hydrogen-bond donors (Lipinski definition) is 1. The Bertz CT molecular complexity index is 942. The minimum Gasteiger partial charge on any atom is -0.508 e. The molecule has 2 aromatic carbocycles. The van der Waals surface area contributed by atoms with Gasteiger partial charge < -0.3 is 5.11 Å². The maximum atomic E-state index is 9.73. The van der Waals surface area contributed by atoms with Crippen molar-refractivity contribution in [3.63, 3.8) is 0 Å². The molecule has 1 N–H and O–H groups in total. The number of phenols is 1. The van der Waals surface area contributed by atoms with Crippen LogP contribution in [0.15, 0.2) is 79.0 Å². The van der Waals surface area contributed by atoms with Crippen LogP contribution in [0.1, 0.15) is 0 Å². The van der Waals surface area contributed by atoms with E-state index in [0.717, 1.165) is 28.2 Å². The third-order valence-electron chi connectivity index (χ3n) is 3.70. The van der Waals surface area contributed by atoms with Crippen LogP contribution >= 0.6 is 0 Å². The van der Waals surface area contributed by atoms with Gasteiger partial charge in [0.25, 0.3) is 0 Å². The molecule has 0 aliphatic carbocycles. The van der Waals surface area contributed by atoms with Gasteiger partial charge in [0.2, 0.25) is 0 Å². The van der Waals surface area contributed by atoms with Crippen LogP contribution in [0.4, 0.5) is 0 Å². The fraction of sp³-hybridized carbons (Fsp3) is 0. The summed E-state index contributed by atoms with van der Waals surface area (Å²) < 4.78 is 2.05. The van der Waals surface area contributed by atoms with Crippen molar-refractivity contribution in [1.29, 1.82) is 0 Å². The Labute approximate surface area is 128 Å². The highest BCUT2D eigenvalue weighted by atomic mass is 16.3. The molecule has 2 heterocycles. The molecule has 4 aromatic rings. The number of benzene rings is 2. The second kappa shape index (κ2) is 5.04. The van der Waals surface area contributed by atoms with Gasteiger partial charge in [0.05, 0.1) is 11.2 Å². The second-order valence-corrected chi connectivity index (χ2v) is 5.16. The standard InChI is InChI=1S/C19H14N2O/c22-16-10-6-9-15(13-16)19-20-18(14-7-2-1-3-8-14)17-11-4-5-12-21(17)19/h1-13,22H. The SMILES string of the molecule is Oc1cccc(-c2nc(-c3ccccc3)c3ccccn23)c1. The average Bonchev–Trinajstić information content (AvgIpc) is 2.95. The zero-order valence-electron chi connectivity index (χ0n) is 11.8. The Morgan fingerprint density at radius 2 is 1.55 bits per heavy atom. The number of aromatic nitrogens is 2. The largest absolute Gasteiger partial charge is 0.508 e. The Morgan fingerprint density at radius 3 is 2.36 bits per heavy atom. The van der Waals surface area contributed by atoms with Gasteiger partial charge in [-0.15, -0.1) is 0 Å². The first-order valence-corrected chi connectivity index (χ1v) is 7.15. The van der Waals surface area contributed by atoms with E-state index in [9.17, 15) is 5.11 Å². The van der Waals surface area contributed by atoms with E-state index >= 15 is 0 Å². The van der Waals surface area contributed by atoms with Crippen molar-refractivity contribution in [3.05, 3.63) is 79.0 Å². The van der Waals surface area contributed by atoms with Crippen LogP contribution in [0.25, 0.3) is 28.2 Å². The molecule has 0 radical (unpaired) electrons. The minimum atomic E-state index is 0.242. The first kappa shape index (κ1) is 12.7. The van der Waals surface area contributed by atoms with Crippen LogP contribution in [0, 0.1) is 0 Å². The third kappa shape index (κ3) is 2.04. The highest BCUT2D eigenvalue weighted by molar-refractivity contribution is 5.81. The van der Waals surface area contributed by atoms with Crippen LogP contribution < -0.4 is 0 Å². The van der Waals surface area contributed by atoms with E-state index in [4.69, 9.17) is 4.98 Å². The molecule has 22 heavy (non-hydrogen) atoms. The molecule has 3 heteroatoms. The minimum absolute atomic E-state index is 0.242. The fourth-order valence-electron chi connectivity index (χ4n) is 2.69. The number of pyridine rings is 1. The van der Waals surface area contributed by atoms with Gasteiger partial charge in [-0.2, -0.15) is 0 Å². The predicted molar refractivity (Wildman–Crippen MR) is 87.7 cm³/mol. The zero-order valence-corrected chi connectivity index (χ0v) is 11.8. The Kier molecular flexibility index (Phi) is 2.90. The Balaban J connectivity index is 2.01. The van der Waals surface area contributed by atoms with Crippen LogP contribution in [-0.4, -0.2) is 14.5 Å². The Hall–Kier alpha value is -3.07. The molecule has 0 saturated carbocycles. The number of phenolic OH excluding ortho intramolecular Hbond substituents is 1. The summed E-state index contributed by atoms with van der Waals surface area (Å²) >= 11 is 0. The van der Waals surface area contributed by atoms with Crippen molar-refractivity contribution < 1.29 is 5.11 Å². The summed E-state index contributed by atoms with van der Waals surface area (Å²) in [5.74, 6) is 1.07. The van der Waals surface area contributed by atoms with Gasteiger partial charge in [-0.3, -0.25) is 4.40 Å². The molecular weight excluding hydrogens is 272 g/mol. The van der Waals surface area contributed by atoms with Gasteiger partial charge in [0.1, 0.15) is 11.6 Å². The summed E-state index contributed by atoms with van der Waals surface area (Å²) in [7, 11) is 0. The maximum absolute atomic E-state index is 9.73. The predicted octanol–water partition coefficient (Wildman–Crippen LogP) is 4.37. The molecule has 0 spiro atoms. The molecule has 0 bridgehead atoms. The van der Waals surface area contributed by atoms with Crippen molar-refractivity contribution in [1.82, 2.24) is 9.38 Å². The van der Waals surface area contributed by atoms with Crippen molar-refractivity contribution in [2.24, 2.45) is 0 Å². The molecule has 3 nitrogen and oxygen atoms in total. The summed E-state index contributed by atoms with van der Waals surface area (Å²) in [4.78, 5) is 4.82. The van der Waals surface area contributed by atoms with Gasteiger partial charge in [-0.1, -0.05) is 48.5 Å².